The Hall–Kier alpha value is -3.02. The first-order valence-electron chi connectivity index (χ1n) is 6.29. The number of nitrogens with two attached hydrogens (primary N) is 1. The number of furan rings is 1. The van der Waals surface area contributed by atoms with Gasteiger partial charge in [-0.25, -0.2) is 4.98 Å². The summed E-state index contributed by atoms with van der Waals surface area (Å²) in [6.45, 7) is 1.91. The van der Waals surface area contributed by atoms with Crippen LogP contribution < -0.4 is 11.1 Å². The van der Waals surface area contributed by atoms with Gasteiger partial charge in [0.05, 0.1) is 5.69 Å². The third kappa shape index (κ3) is 2.38. The summed E-state index contributed by atoms with van der Waals surface area (Å²) in [5.41, 5.74) is 7.52. The molecule has 4 N–H and O–H groups in total. The molecular weight excluding hydrogens is 270 g/mol. The summed E-state index contributed by atoms with van der Waals surface area (Å²) in [7, 11) is 0. The van der Waals surface area contributed by atoms with Crippen LogP contribution in [0.5, 0.6) is 5.75 Å². The average molecular weight is 283 g/mol. The number of aromatic nitrogens is 1. The van der Waals surface area contributed by atoms with E-state index < -0.39 is 5.91 Å². The van der Waals surface area contributed by atoms with Gasteiger partial charge < -0.3 is 20.6 Å². The highest BCUT2D eigenvalue weighted by Crippen LogP contribution is 2.31. The van der Waals surface area contributed by atoms with Gasteiger partial charge in [0.15, 0.2) is 0 Å². The van der Waals surface area contributed by atoms with E-state index in [1.54, 1.807) is 18.3 Å². The van der Waals surface area contributed by atoms with Crippen LogP contribution in [-0.4, -0.2) is 16.0 Å². The molecule has 1 aromatic carbocycles. The second-order valence-electron chi connectivity index (χ2n) is 4.70. The molecule has 106 valence electrons. The van der Waals surface area contributed by atoms with Crippen molar-refractivity contribution >= 4 is 28.4 Å². The third-order valence-electron chi connectivity index (χ3n) is 3.07. The second-order valence-corrected chi connectivity index (χ2v) is 4.70. The lowest BCUT2D eigenvalue weighted by Gasteiger charge is -2.02. The first-order valence-corrected chi connectivity index (χ1v) is 6.29. The summed E-state index contributed by atoms with van der Waals surface area (Å²) in [6, 6.07) is 8.01. The summed E-state index contributed by atoms with van der Waals surface area (Å²) in [4.78, 5) is 16.3. The number of benzene rings is 1. The number of amides is 1. The smallest absolute Gasteiger partial charge is 0.294 e. The van der Waals surface area contributed by atoms with Gasteiger partial charge in [-0.05, 0) is 36.8 Å². The molecule has 3 aromatic rings. The zero-order valence-corrected chi connectivity index (χ0v) is 11.3. The molecule has 0 unspecified atom stereocenters. The lowest BCUT2D eigenvalue weighted by Crippen LogP contribution is -2.13. The minimum absolute atomic E-state index is 0.00187. The predicted molar refractivity (Wildman–Crippen MR) is 79.2 cm³/mol. The highest BCUT2D eigenvalue weighted by Gasteiger charge is 2.19. The number of phenols is 1. The molecule has 0 fully saturated rings. The van der Waals surface area contributed by atoms with Gasteiger partial charge in [-0.15, -0.1) is 0 Å². The molecule has 6 nitrogen and oxygen atoms in total. The molecule has 0 aliphatic carbocycles. The number of pyridine rings is 1. The van der Waals surface area contributed by atoms with Crippen molar-refractivity contribution in [3.63, 3.8) is 0 Å². The van der Waals surface area contributed by atoms with Gasteiger partial charge in [-0.3, -0.25) is 4.79 Å². The molecule has 0 saturated carbocycles. The Balaban J connectivity index is 1.94. The van der Waals surface area contributed by atoms with Gasteiger partial charge in [0, 0.05) is 11.6 Å². The summed E-state index contributed by atoms with van der Waals surface area (Å²) in [6.07, 6.45) is 1.65. The number of aromatic hydroxyl groups is 1. The van der Waals surface area contributed by atoms with Crippen LogP contribution in [-0.2, 0) is 0 Å². The largest absolute Gasteiger partial charge is 0.508 e. The first kappa shape index (κ1) is 13.0. The summed E-state index contributed by atoms with van der Waals surface area (Å²) < 4.78 is 5.44. The number of carbonyl (C=O) groups is 1. The van der Waals surface area contributed by atoms with Crippen LogP contribution in [0.1, 0.15) is 16.1 Å². The maximum Gasteiger partial charge on any atom is 0.294 e. The fourth-order valence-electron chi connectivity index (χ4n) is 1.99. The standard InChI is InChI=1S/C15H13N3O3/c1-8-2-5-12(17-7-8)18-15(20)14-13(16)10-6-9(19)3-4-11(10)21-14/h2-7,19H,16H2,1H3,(H,17,18,20). The highest BCUT2D eigenvalue weighted by molar-refractivity contribution is 6.10. The quantitative estimate of drug-likeness (QED) is 0.671. The topological polar surface area (TPSA) is 101 Å². The van der Waals surface area contributed by atoms with Gasteiger partial charge in [-0.2, -0.15) is 0 Å². The number of nitrogen functional groups attached to an aromatic ring is 1. The summed E-state index contributed by atoms with van der Waals surface area (Å²) in [5, 5.41) is 12.6. The van der Waals surface area contributed by atoms with Crippen LogP contribution in [0.25, 0.3) is 11.0 Å². The number of aryl methyl sites for hydroxylation is 1. The zero-order valence-electron chi connectivity index (χ0n) is 11.3. The van der Waals surface area contributed by atoms with Gasteiger partial charge >= 0.3 is 0 Å². The van der Waals surface area contributed by atoms with E-state index in [9.17, 15) is 9.90 Å². The fraction of sp³-hybridized carbons (Fsp3) is 0.0667. The number of hydrogen-bond donors (Lipinski definition) is 3. The maximum absolute atomic E-state index is 12.2. The Morgan fingerprint density at radius 1 is 1.33 bits per heavy atom. The number of nitrogens with zero attached hydrogens (tertiary/aromatic N) is 1. The number of phenolic OH excluding ortho intramolecular Hbond substituents is 1. The number of anilines is 2. The molecule has 1 amide bonds. The van der Waals surface area contributed by atoms with E-state index >= 15 is 0 Å². The molecular formula is C15H13N3O3. The van der Waals surface area contributed by atoms with Crippen LogP contribution in [0, 0.1) is 6.92 Å². The molecule has 0 radical (unpaired) electrons. The van der Waals surface area contributed by atoms with Gasteiger partial charge in [0.2, 0.25) is 5.76 Å². The van der Waals surface area contributed by atoms with Gasteiger partial charge in [0.1, 0.15) is 17.2 Å². The van der Waals surface area contributed by atoms with Crippen LogP contribution in [0.3, 0.4) is 0 Å². The van der Waals surface area contributed by atoms with Gasteiger partial charge in [0.25, 0.3) is 5.91 Å². The van der Waals surface area contributed by atoms with Crippen molar-refractivity contribution in [2.24, 2.45) is 0 Å². The Bertz CT molecular complexity index is 822. The number of carbonyl (C=O) groups excluding carboxylic acids is 1. The van der Waals surface area contributed by atoms with Crippen molar-refractivity contribution in [2.45, 2.75) is 6.92 Å². The minimum Gasteiger partial charge on any atom is -0.508 e. The van der Waals surface area contributed by atoms with Crippen molar-refractivity contribution in [3.05, 3.63) is 47.9 Å². The van der Waals surface area contributed by atoms with Crippen LogP contribution in [0.2, 0.25) is 0 Å². The van der Waals surface area contributed by atoms with Crippen LogP contribution >= 0.6 is 0 Å². The van der Waals surface area contributed by atoms with Crippen molar-refractivity contribution in [1.29, 1.82) is 0 Å². The normalized spacial score (nSPS) is 10.7. The maximum atomic E-state index is 12.2. The van der Waals surface area contributed by atoms with E-state index in [4.69, 9.17) is 10.2 Å². The Labute approximate surface area is 120 Å². The monoisotopic (exact) mass is 283 g/mol. The van der Waals surface area contributed by atoms with Crippen molar-refractivity contribution in [3.8, 4) is 5.75 Å². The molecule has 2 aromatic heterocycles. The molecule has 3 rings (SSSR count). The summed E-state index contributed by atoms with van der Waals surface area (Å²) >= 11 is 0. The minimum atomic E-state index is -0.487. The van der Waals surface area contributed by atoms with E-state index in [0.29, 0.717) is 16.8 Å². The third-order valence-corrected chi connectivity index (χ3v) is 3.07. The predicted octanol–water partition coefficient (Wildman–Crippen LogP) is 2.68. The molecule has 0 spiro atoms. The van der Waals surface area contributed by atoms with Crippen molar-refractivity contribution < 1.29 is 14.3 Å². The molecule has 0 aliphatic heterocycles. The average Bonchev–Trinajstić information content (AvgIpc) is 2.79. The summed E-state index contributed by atoms with van der Waals surface area (Å²) in [5.74, 6) is -0.0204. The van der Waals surface area contributed by atoms with Crippen LogP contribution in [0.15, 0.2) is 40.9 Å². The SMILES string of the molecule is Cc1ccc(NC(=O)c2oc3ccc(O)cc3c2N)nc1. The van der Waals surface area contributed by atoms with Crippen molar-refractivity contribution in [1.82, 2.24) is 4.98 Å². The Morgan fingerprint density at radius 2 is 2.14 bits per heavy atom. The molecule has 2 heterocycles. The zero-order chi connectivity index (χ0) is 15.0. The van der Waals surface area contributed by atoms with Crippen molar-refractivity contribution in [2.75, 3.05) is 11.1 Å². The highest BCUT2D eigenvalue weighted by atomic mass is 16.3. The number of rotatable bonds is 2. The molecule has 6 heteroatoms. The van der Waals surface area contributed by atoms with E-state index in [-0.39, 0.29) is 17.2 Å². The molecule has 0 aliphatic rings. The van der Waals surface area contributed by atoms with E-state index in [1.807, 2.05) is 13.0 Å². The molecule has 0 atom stereocenters. The first-order chi connectivity index (χ1) is 10.0. The molecule has 0 bridgehead atoms. The molecule has 21 heavy (non-hydrogen) atoms. The van der Waals surface area contributed by atoms with E-state index in [1.165, 1.54) is 12.1 Å². The Morgan fingerprint density at radius 3 is 2.86 bits per heavy atom. The van der Waals surface area contributed by atoms with Crippen LogP contribution in [0.4, 0.5) is 11.5 Å². The molecule has 0 saturated heterocycles. The number of fused-ring (bicyclic) bond motifs is 1. The fourth-order valence-corrected chi connectivity index (χ4v) is 1.99. The number of nitrogens with one attached hydrogen (secondary N) is 1. The lowest BCUT2D eigenvalue weighted by molar-refractivity contribution is 0.0999. The van der Waals surface area contributed by atoms with E-state index in [2.05, 4.69) is 10.3 Å². The van der Waals surface area contributed by atoms with E-state index in [0.717, 1.165) is 5.56 Å². The second kappa shape index (κ2) is 4.82. The van der Waals surface area contributed by atoms with Gasteiger partial charge in [-0.1, -0.05) is 6.07 Å². The Kier molecular flexibility index (Phi) is 2.98. The lowest BCUT2D eigenvalue weighted by atomic mass is 10.2. The number of hydrogen-bond acceptors (Lipinski definition) is 5.